The minimum absolute atomic E-state index is 1.03. The molecule has 310 valence electrons. The van der Waals surface area contributed by atoms with Gasteiger partial charge in [-0.1, -0.05) is 146 Å². The molecule has 2 aromatic heterocycles. The molecule has 0 aliphatic heterocycles. The number of pyridine rings is 1. The van der Waals surface area contributed by atoms with E-state index in [2.05, 4.69) is 208 Å². The first-order valence-electron chi connectivity index (χ1n) is 23.0. The van der Waals surface area contributed by atoms with Gasteiger partial charge in [-0.25, -0.2) is 0 Å². The Balaban J connectivity index is 0.000000278. The summed E-state index contributed by atoms with van der Waals surface area (Å²) in [6, 6.07) is 51.3. The summed E-state index contributed by atoms with van der Waals surface area (Å²) in [6.45, 7) is 6.59. The Labute approximate surface area is 377 Å². The number of hydrogen-bond acceptors (Lipinski definition) is 1. The molecule has 0 radical (unpaired) electrons. The number of aryl methyl sites for hydroxylation is 3. The zero-order chi connectivity index (χ0) is 43.1. The van der Waals surface area contributed by atoms with E-state index in [0.29, 0.717) is 0 Å². The van der Waals surface area contributed by atoms with E-state index in [1.54, 1.807) is 0 Å². The van der Waals surface area contributed by atoms with Crippen LogP contribution in [0.5, 0.6) is 0 Å². The summed E-state index contributed by atoms with van der Waals surface area (Å²) >= 11 is 0. The average molecular weight is 825 g/mol. The van der Waals surface area contributed by atoms with Crippen LogP contribution in [-0.4, -0.2) is 9.55 Å². The van der Waals surface area contributed by atoms with Gasteiger partial charge < -0.3 is 4.57 Å². The molecule has 0 unspecified atom stereocenters. The Hall–Kier alpha value is -7.29. The van der Waals surface area contributed by atoms with Gasteiger partial charge in [-0.05, 0) is 173 Å². The second-order valence-electron chi connectivity index (χ2n) is 17.8. The summed E-state index contributed by atoms with van der Waals surface area (Å²) in [5, 5.41) is 5.14. The van der Waals surface area contributed by atoms with Gasteiger partial charge in [0.2, 0.25) is 0 Å². The van der Waals surface area contributed by atoms with E-state index in [9.17, 15) is 0 Å². The van der Waals surface area contributed by atoms with Crippen LogP contribution in [0.1, 0.15) is 71.6 Å². The number of hydrogen-bond donors (Lipinski definition) is 0. The quantitative estimate of drug-likeness (QED) is 0.169. The third kappa shape index (κ3) is 7.04. The molecule has 0 amide bonds. The van der Waals surface area contributed by atoms with Crippen LogP contribution in [0.4, 0.5) is 0 Å². The molecule has 2 heterocycles. The molecule has 9 aromatic rings. The predicted octanol–water partition coefficient (Wildman–Crippen LogP) is 16.7. The lowest BCUT2D eigenvalue weighted by atomic mass is 9.78. The van der Waals surface area contributed by atoms with Gasteiger partial charge in [0, 0.05) is 40.0 Å². The van der Waals surface area contributed by atoms with Crippen LogP contribution in [0.15, 0.2) is 182 Å². The normalized spacial score (nSPS) is 14.2. The molecule has 0 bridgehead atoms. The maximum atomic E-state index is 4.91. The summed E-state index contributed by atoms with van der Waals surface area (Å²) in [6.07, 6.45) is 24.7. The highest BCUT2D eigenvalue weighted by Gasteiger charge is 2.24. The molecule has 0 saturated heterocycles. The third-order valence-corrected chi connectivity index (χ3v) is 13.7. The van der Waals surface area contributed by atoms with Crippen LogP contribution in [0.2, 0.25) is 0 Å². The lowest BCUT2D eigenvalue weighted by Crippen LogP contribution is -2.05. The van der Waals surface area contributed by atoms with E-state index in [4.69, 9.17) is 4.98 Å². The van der Waals surface area contributed by atoms with Gasteiger partial charge in [0.25, 0.3) is 0 Å². The van der Waals surface area contributed by atoms with Crippen molar-refractivity contribution >= 4 is 50.3 Å². The van der Waals surface area contributed by atoms with Crippen molar-refractivity contribution in [3.63, 3.8) is 0 Å². The monoisotopic (exact) mass is 824 g/mol. The van der Waals surface area contributed by atoms with Crippen molar-refractivity contribution in [3.8, 4) is 39.1 Å². The Kier molecular flexibility index (Phi) is 10.4. The summed E-state index contributed by atoms with van der Waals surface area (Å²) in [7, 11) is 0. The first-order valence-corrected chi connectivity index (χ1v) is 23.0. The zero-order valence-electron chi connectivity index (χ0n) is 37.0. The fourth-order valence-electron chi connectivity index (χ4n) is 10.7. The molecule has 3 aliphatic rings. The molecule has 0 spiro atoms. The Bertz CT molecular complexity index is 3370. The highest BCUT2D eigenvalue weighted by atomic mass is 15.0. The second-order valence-corrected chi connectivity index (χ2v) is 17.8. The maximum Gasteiger partial charge on any atom is 0.0541 e. The van der Waals surface area contributed by atoms with Crippen molar-refractivity contribution in [2.75, 3.05) is 0 Å². The number of para-hydroxylation sites is 2. The Morgan fingerprint density at radius 2 is 1.09 bits per heavy atom. The Morgan fingerprint density at radius 3 is 1.86 bits per heavy atom. The van der Waals surface area contributed by atoms with E-state index in [1.807, 2.05) is 6.20 Å². The van der Waals surface area contributed by atoms with Crippen LogP contribution < -0.4 is 0 Å². The molecular formula is C62H52N2. The highest BCUT2D eigenvalue weighted by Crippen LogP contribution is 2.47. The number of rotatable bonds is 5. The molecule has 0 atom stereocenters. The van der Waals surface area contributed by atoms with Crippen molar-refractivity contribution in [3.05, 3.63) is 221 Å². The van der Waals surface area contributed by atoms with E-state index >= 15 is 0 Å². The second kappa shape index (κ2) is 16.8. The summed E-state index contributed by atoms with van der Waals surface area (Å²) < 4.78 is 2.41. The summed E-state index contributed by atoms with van der Waals surface area (Å²) in [4.78, 5) is 4.91. The van der Waals surface area contributed by atoms with Gasteiger partial charge in [0.15, 0.2) is 0 Å². The molecule has 0 fully saturated rings. The zero-order valence-corrected chi connectivity index (χ0v) is 37.0. The minimum Gasteiger partial charge on any atom is -0.309 e. The van der Waals surface area contributed by atoms with Crippen molar-refractivity contribution < 1.29 is 0 Å². The summed E-state index contributed by atoms with van der Waals surface area (Å²) in [5.41, 5.74) is 23.7. The molecule has 3 aliphatic carbocycles. The first kappa shape index (κ1) is 39.5. The smallest absolute Gasteiger partial charge is 0.0541 e. The lowest BCUT2D eigenvalue weighted by molar-refractivity contribution is 0.981. The largest absolute Gasteiger partial charge is 0.309 e. The van der Waals surface area contributed by atoms with Crippen LogP contribution in [-0.2, 0) is 12.8 Å². The standard InChI is InChI=1S/C48H36N2.C14H16/c1-31-25-33(28-36(26-31)50-45-23-10-8-16-38(45)39-17-9-11-24-46(39)50)34-27-35(30-49-29-34)47-41-18-4-6-20-43(41)48(44-21-7-5-19-42(44)47)40-22-12-14-32-13-2-3-15-37(32)40;1-11-7-3-5-9-13(11)14-10-6-4-8-12(14)2/h3-6,8-12,14-20,22-30H,2,7,13,21H2,1H3;3-5,7-9H,6,10H2,1-2H3. The van der Waals surface area contributed by atoms with Crippen molar-refractivity contribution in [2.45, 2.75) is 59.3 Å². The van der Waals surface area contributed by atoms with Crippen molar-refractivity contribution in [2.24, 2.45) is 0 Å². The van der Waals surface area contributed by atoms with E-state index < -0.39 is 0 Å². The number of benzene rings is 7. The fourth-order valence-corrected chi connectivity index (χ4v) is 10.7. The van der Waals surface area contributed by atoms with Crippen LogP contribution >= 0.6 is 0 Å². The summed E-state index contributed by atoms with van der Waals surface area (Å²) in [5.74, 6) is 0. The lowest BCUT2D eigenvalue weighted by Gasteiger charge is -2.25. The molecule has 0 N–H and O–H groups in total. The van der Waals surface area contributed by atoms with Crippen LogP contribution in [0.25, 0.3) is 89.4 Å². The average Bonchev–Trinajstić information content (AvgIpc) is 3.68. The van der Waals surface area contributed by atoms with Gasteiger partial charge in [-0.15, -0.1) is 0 Å². The third-order valence-electron chi connectivity index (χ3n) is 13.7. The number of aromatic nitrogens is 2. The number of fused-ring (bicyclic) bond motifs is 6. The Morgan fingerprint density at radius 1 is 0.469 bits per heavy atom. The van der Waals surface area contributed by atoms with E-state index in [-0.39, 0.29) is 0 Å². The molecule has 64 heavy (non-hydrogen) atoms. The number of nitrogens with zero attached hydrogens (tertiary/aromatic N) is 2. The van der Waals surface area contributed by atoms with Gasteiger partial charge in [0.05, 0.1) is 11.0 Å². The predicted molar refractivity (Wildman–Crippen MR) is 274 cm³/mol. The molecule has 7 aromatic carbocycles. The molecule has 2 heteroatoms. The van der Waals surface area contributed by atoms with E-state index in [0.717, 1.165) is 42.5 Å². The molecular weight excluding hydrogens is 773 g/mol. The maximum absolute atomic E-state index is 4.91. The topological polar surface area (TPSA) is 17.8 Å². The number of allylic oxidation sites excluding steroid dienone is 6. The molecule has 2 nitrogen and oxygen atoms in total. The van der Waals surface area contributed by atoms with Crippen LogP contribution in [0.3, 0.4) is 0 Å². The molecule has 12 rings (SSSR count). The van der Waals surface area contributed by atoms with Gasteiger partial charge in [-0.2, -0.15) is 0 Å². The van der Waals surface area contributed by atoms with Crippen LogP contribution in [0, 0.1) is 13.8 Å². The minimum atomic E-state index is 1.03. The molecule has 0 saturated carbocycles. The highest BCUT2D eigenvalue weighted by molar-refractivity contribution is 6.11. The first-order chi connectivity index (χ1) is 31.5. The fraction of sp³-hybridized carbons (Fsp3) is 0.145. The van der Waals surface area contributed by atoms with Crippen molar-refractivity contribution in [1.82, 2.24) is 9.55 Å². The van der Waals surface area contributed by atoms with Gasteiger partial charge in [-0.3, -0.25) is 4.98 Å². The van der Waals surface area contributed by atoms with Gasteiger partial charge in [0.1, 0.15) is 0 Å². The van der Waals surface area contributed by atoms with Crippen molar-refractivity contribution in [1.29, 1.82) is 0 Å². The SMILES string of the molecule is CC1=C(c2ccccc2C)CCC=C1.Cc1cc(-c2cncc(-c3c4c(c(-c5cccc6c5C=CCC6)c5ccccc35)CCC=C4)c2)cc(-n2c3ccccc3c3ccccc32)c1. The van der Waals surface area contributed by atoms with E-state index in [1.165, 1.54) is 118 Å². The van der Waals surface area contributed by atoms with Gasteiger partial charge >= 0.3 is 0 Å².